The van der Waals surface area contributed by atoms with Crippen LogP contribution in [0.15, 0.2) is 34.5 Å². The van der Waals surface area contributed by atoms with Crippen LogP contribution in [0.4, 0.5) is 5.69 Å². The largest absolute Gasteiger partial charge is 0.319 e. The predicted octanol–water partition coefficient (Wildman–Crippen LogP) is 3.62. The molecule has 0 unspecified atom stereocenters. The topological polar surface area (TPSA) is 58.2 Å². The molecule has 0 fully saturated rings. The van der Waals surface area contributed by atoms with Crippen LogP contribution in [0.3, 0.4) is 0 Å². The first-order valence-corrected chi connectivity index (χ1v) is 9.20. The third-order valence-electron chi connectivity index (χ3n) is 2.72. The molecule has 4 nitrogen and oxygen atoms in total. The third kappa shape index (κ3) is 4.11. The zero-order chi connectivity index (χ0) is 15.5. The fourth-order valence-electron chi connectivity index (χ4n) is 1.67. The Kier molecular flexibility index (Phi) is 5.51. The number of thiophene rings is 1. The summed E-state index contributed by atoms with van der Waals surface area (Å²) in [5, 5.41) is 3.55. The lowest BCUT2D eigenvalue weighted by atomic mass is 10.3. The van der Waals surface area contributed by atoms with Gasteiger partial charge in [0.2, 0.25) is 0 Å². The van der Waals surface area contributed by atoms with Gasteiger partial charge in [0.15, 0.2) is 0 Å². The molecular formula is C13H14Cl2N2O2S2. The van der Waals surface area contributed by atoms with E-state index in [4.69, 9.17) is 23.2 Å². The van der Waals surface area contributed by atoms with Gasteiger partial charge in [-0.2, -0.15) is 0 Å². The highest BCUT2D eigenvalue weighted by molar-refractivity contribution is 7.94. The van der Waals surface area contributed by atoms with Crippen molar-refractivity contribution in [1.82, 2.24) is 5.32 Å². The summed E-state index contributed by atoms with van der Waals surface area (Å²) >= 11 is 13.2. The molecule has 0 bridgehead atoms. The molecule has 0 amide bonds. The van der Waals surface area contributed by atoms with Gasteiger partial charge in [-0.05, 0) is 44.3 Å². The molecule has 21 heavy (non-hydrogen) atoms. The number of sulfonamides is 1. The first-order valence-electron chi connectivity index (χ1n) is 6.14. The van der Waals surface area contributed by atoms with Gasteiger partial charge in [0.25, 0.3) is 10.0 Å². The van der Waals surface area contributed by atoms with Crippen molar-refractivity contribution in [2.45, 2.75) is 10.6 Å². The molecule has 0 aliphatic rings. The Hall–Kier alpha value is -0.790. The van der Waals surface area contributed by atoms with Crippen molar-refractivity contribution in [3.8, 4) is 0 Å². The highest BCUT2D eigenvalue weighted by Crippen LogP contribution is 2.33. The van der Waals surface area contributed by atoms with Crippen LogP contribution < -0.4 is 10.0 Å². The Morgan fingerprint density at radius 1 is 1.14 bits per heavy atom. The minimum Gasteiger partial charge on any atom is -0.319 e. The van der Waals surface area contributed by atoms with Crippen molar-refractivity contribution in [2.24, 2.45) is 0 Å². The number of anilines is 1. The van der Waals surface area contributed by atoms with E-state index >= 15 is 0 Å². The van der Waals surface area contributed by atoms with Crippen LogP contribution in [0.1, 0.15) is 4.88 Å². The number of likely N-dealkylation sites (N-methyl/N-ethyl adjacent to an activating group) is 1. The van der Waals surface area contributed by atoms with Crippen molar-refractivity contribution in [3.63, 3.8) is 0 Å². The predicted molar refractivity (Wildman–Crippen MR) is 89.2 cm³/mol. The van der Waals surface area contributed by atoms with Gasteiger partial charge in [0.1, 0.15) is 4.21 Å². The van der Waals surface area contributed by atoms with E-state index in [1.54, 1.807) is 24.3 Å². The first kappa shape index (κ1) is 16.6. The number of para-hydroxylation sites is 1. The minimum absolute atomic E-state index is 0.200. The molecule has 0 saturated heterocycles. The van der Waals surface area contributed by atoms with Crippen LogP contribution in [-0.2, 0) is 16.4 Å². The molecule has 1 aromatic carbocycles. The summed E-state index contributed by atoms with van der Waals surface area (Å²) < 4.78 is 27.4. The third-order valence-corrected chi connectivity index (χ3v) is 6.34. The van der Waals surface area contributed by atoms with Crippen molar-refractivity contribution in [2.75, 3.05) is 18.3 Å². The molecule has 0 spiro atoms. The van der Waals surface area contributed by atoms with Crippen LogP contribution in [0.25, 0.3) is 0 Å². The average molecular weight is 365 g/mol. The molecule has 8 heteroatoms. The summed E-state index contributed by atoms with van der Waals surface area (Å²) in [7, 11) is -1.83. The Morgan fingerprint density at radius 2 is 1.81 bits per heavy atom. The molecule has 1 aromatic heterocycles. The molecule has 0 aliphatic carbocycles. The smallest absolute Gasteiger partial charge is 0.271 e. The fraction of sp³-hybridized carbons (Fsp3) is 0.231. The van der Waals surface area contributed by atoms with Gasteiger partial charge >= 0.3 is 0 Å². The summed E-state index contributed by atoms with van der Waals surface area (Å²) in [4.78, 5) is 0.995. The maximum atomic E-state index is 12.4. The van der Waals surface area contributed by atoms with E-state index in [0.717, 1.165) is 17.8 Å². The Balaban J connectivity index is 2.24. The van der Waals surface area contributed by atoms with Crippen molar-refractivity contribution in [3.05, 3.63) is 45.3 Å². The number of benzene rings is 1. The van der Waals surface area contributed by atoms with Crippen LogP contribution >= 0.6 is 34.5 Å². The lowest BCUT2D eigenvalue weighted by molar-refractivity contribution is 0.603. The second-order valence-corrected chi connectivity index (χ2v) is 8.17. The van der Waals surface area contributed by atoms with Crippen LogP contribution in [-0.4, -0.2) is 22.0 Å². The van der Waals surface area contributed by atoms with Gasteiger partial charge in [0, 0.05) is 4.88 Å². The fourth-order valence-corrected chi connectivity index (χ4v) is 4.73. The van der Waals surface area contributed by atoms with Crippen LogP contribution in [0.5, 0.6) is 0 Å². The molecule has 1 heterocycles. The maximum Gasteiger partial charge on any atom is 0.271 e. The van der Waals surface area contributed by atoms with E-state index in [1.165, 1.54) is 11.3 Å². The van der Waals surface area contributed by atoms with Crippen molar-refractivity contribution >= 4 is 50.2 Å². The normalized spacial score (nSPS) is 11.6. The monoisotopic (exact) mass is 364 g/mol. The zero-order valence-corrected chi connectivity index (χ0v) is 14.3. The number of nitrogens with one attached hydrogen (secondary N) is 2. The Bertz CT molecular complexity index is 709. The quantitative estimate of drug-likeness (QED) is 0.822. The zero-order valence-electron chi connectivity index (χ0n) is 11.2. The van der Waals surface area contributed by atoms with Gasteiger partial charge in [-0.1, -0.05) is 29.3 Å². The van der Waals surface area contributed by atoms with Gasteiger partial charge in [-0.25, -0.2) is 8.42 Å². The van der Waals surface area contributed by atoms with Gasteiger partial charge in [-0.3, -0.25) is 4.72 Å². The van der Waals surface area contributed by atoms with E-state index in [1.807, 2.05) is 13.1 Å². The highest BCUT2D eigenvalue weighted by atomic mass is 35.5. The highest BCUT2D eigenvalue weighted by Gasteiger charge is 2.19. The summed E-state index contributed by atoms with van der Waals surface area (Å²) in [5.74, 6) is 0. The molecule has 0 atom stereocenters. The second kappa shape index (κ2) is 6.98. The summed E-state index contributed by atoms with van der Waals surface area (Å²) in [6.07, 6.45) is 0.781. The van der Waals surface area contributed by atoms with Crippen molar-refractivity contribution < 1.29 is 8.42 Å². The lowest BCUT2D eigenvalue weighted by Crippen LogP contribution is -2.12. The van der Waals surface area contributed by atoms with Crippen molar-refractivity contribution in [1.29, 1.82) is 0 Å². The maximum absolute atomic E-state index is 12.4. The Labute approximate surface area is 138 Å². The summed E-state index contributed by atoms with van der Waals surface area (Å²) in [6, 6.07) is 8.22. The first-order chi connectivity index (χ1) is 9.94. The van der Waals surface area contributed by atoms with E-state index in [2.05, 4.69) is 10.0 Å². The Morgan fingerprint density at radius 3 is 2.43 bits per heavy atom. The van der Waals surface area contributed by atoms with E-state index < -0.39 is 10.0 Å². The van der Waals surface area contributed by atoms with Crippen LogP contribution in [0, 0.1) is 0 Å². The second-order valence-electron chi connectivity index (χ2n) is 4.28. The van der Waals surface area contributed by atoms with Gasteiger partial charge in [-0.15, -0.1) is 11.3 Å². The number of rotatable bonds is 6. The summed E-state index contributed by atoms with van der Waals surface area (Å²) in [5.41, 5.74) is 0.200. The lowest BCUT2D eigenvalue weighted by Gasteiger charge is -2.09. The molecule has 114 valence electrons. The molecular weight excluding hydrogens is 351 g/mol. The molecule has 2 rings (SSSR count). The molecule has 0 radical (unpaired) electrons. The summed E-state index contributed by atoms with van der Waals surface area (Å²) in [6.45, 7) is 0.795. The standard InChI is InChI=1S/C13H14Cl2N2O2S2/c1-16-8-7-9-5-6-12(20-9)21(18,19)17-13-10(14)3-2-4-11(13)15/h2-6,16-17H,7-8H2,1H3. The molecule has 0 aliphatic heterocycles. The van der Waals surface area contributed by atoms with Gasteiger partial charge in [0.05, 0.1) is 15.7 Å². The van der Waals surface area contributed by atoms with E-state index in [-0.39, 0.29) is 19.9 Å². The number of hydrogen-bond donors (Lipinski definition) is 2. The molecule has 2 N–H and O–H groups in total. The van der Waals surface area contributed by atoms with Gasteiger partial charge < -0.3 is 5.32 Å². The van der Waals surface area contributed by atoms with E-state index in [0.29, 0.717) is 0 Å². The minimum atomic E-state index is -3.68. The molecule has 0 saturated carbocycles. The van der Waals surface area contributed by atoms with E-state index in [9.17, 15) is 8.42 Å². The van der Waals surface area contributed by atoms with Crippen LogP contribution in [0.2, 0.25) is 10.0 Å². The number of hydrogen-bond acceptors (Lipinski definition) is 4. The molecule has 2 aromatic rings. The SMILES string of the molecule is CNCCc1ccc(S(=O)(=O)Nc2c(Cl)cccc2Cl)s1. The average Bonchev–Trinajstić information content (AvgIpc) is 2.90. The number of halogens is 2.